The van der Waals surface area contributed by atoms with E-state index in [4.69, 9.17) is 19.2 Å². The van der Waals surface area contributed by atoms with E-state index in [9.17, 15) is 0 Å². The van der Waals surface area contributed by atoms with E-state index in [1.54, 1.807) is 0 Å². The van der Waals surface area contributed by atoms with Gasteiger partial charge in [-0.2, -0.15) is 0 Å². The normalized spacial score (nSPS) is 8.57. The maximum atomic E-state index is 7.33. The van der Waals surface area contributed by atoms with Gasteiger partial charge in [-0.3, -0.25) is 0 Å². The van der Waals surface area contributed by atoms with Crippen LogP contribution < -0.4 is 0 Å². The van der Waals surface area contributed by atoms with Crippen molar-refractivity contribution >= 4 is 64.1 Å². The van der Waals surface area contributed by atoms with Crippen molar-refractivity contribution in [2.75, 3.05) is 0 Å². The first-order valence-corrected chi connectivity index (χ1v) is 2.68. The van der Waals surface area contributed by atoms with E-state index in [0.717, 1.165) is 0 Å². The van der Waals surface area contributed by atoms with Gasteiger partial charge in [0.2, 0.25) is 0 Å². The quantitative estimate of drug-likeness (QED) is 0.281. The predicted molar refractivity (Wildman–Crippen MR) is 26.1 cm³/mol. The van der Waals surface area contributed by atoms with Crippen molar-refractivity contribution in [2.24, 2.45) is 0 Å². The zero-order valence-corrected chi connectivity index (χ0v) is 7.94. The molecule has 0 saturated carbocycles. The fourth-order valence-corrected chi connectivity index (χ4v) is 0. The second-order valence-corrected chi connectivity index (χ2v) is 1.80. The second-order valence-electron chi connectivity index (χ2n) is 0.600. The van der Waals surface area contributed by atoms with Crippen LogP contribution in [0.4, 0.5) is 0 Å². The van der Waals surface area contributed by atoms with Crippen molar-refractivity contribution in [3.63, 3.8) is 0 Å². The zero-order valence-electron chi connectivity index (χ0n) is 3.57. The average molecular weight is 163 g/mol. The van der Waals surface area contributed by atoms with Gasteiger partial charge >= 0.3 is 9.05 Å². The van der Waals surface area contributed by atoms with Crippen molar-refractivity contribution in [2.45, 2.75) is 0 Å². The molecule has 0 spiro atoms. The van der Waals surface area contributed by atoms with Gasteiger partial charge in [0.05, 0.1) is 0 Å². The van der Waals surface area contributed by atoms with Gasteiger partial charge < -0.3 is 19.2 Å². The molecule has 0 aliphatic rings. The van der Waals surface area contributed by atoms with Gasteiger partial charge in [-0.15, -0.1) is 0 Å². The topological polar surface area (TPSA) is 80.9 Å². The minimum absolute atomic E-state index is 0. The molecule has 0 unspecified atom stereocenters. The van der Waals surface area contributed by atoms with E-state index < -0.39 is 9.05 Å². The molecule has 0 bridgehead atoms. The van der Waals surface area contributed by atoms with Crippen molar-refractivity contribution in [3.05, 3.63) is 0 Å². The smallest absolute Gasteiger partial charge is 0.368 e. The van der Waals surface area contributed by atoms with Crippen molar-refractivity contribution in [3.8, 4) is 0 Å². The molecular weight excluding hydrogens is 159 g/mol. The van der Waals surface area contributed by atoms with Gasteiger partial charge in [0.25, 0.3) is 0 Å². The summed E-state index contributed by atoms with van der Waals surface area (Å²) in [7, 11) is -4.61. The molecule has 0 aromatic heterocycles. The first kappa shape index (κ1) is 15.9. The van der Waals surface area contributed by atoms with Gasteiger partial charge in [0.1, 0.15) is 0 Å². The molecule has 5 radical (unpaired) electrons. The van der Waals surface area contributed by atoms with E-state index in [2.05, 4.69) is 0 Å². The molecule has 4 nitrogen and oxygen atoms in total. The summed E-state index contributed by atoms with van der Waals surface area (Å²) in [6.45, 7) is 0. The molecule has 37 valence electrons. The molecule has 0 atom stereocenters. The Morgan fingerprint density at radius 1 is 0.857 bits per heavy atom. The minimum atomic E-state index is -4.61. The van der Waals surface area contributed by atoms with Crippen LogP contribution in [-0.2, 0) is 0 Å². The number of hydrogen-bond acceptors (Lipinski definition) is 4. The van der Waals surface area contributed by atoms with Crippen LogP contribution in [0.2, 0.25) is 0 Å². The number of hydrogen-bond donors (Lipinski definition) is 4. The van der Waals surface area contributed by atoms with Crippen molar-refractivity contribution in [1.82, 2.24) is 0 Å². The first-order chi connectivity index (χ1) is 2.00. The summed E-state index contributed by atoms with van der Waals surface area (Å²) >= 11 is 0. The van der Waals surface area contributed by atoms with E-state index in [-0.39, 0.29) is 55.1 Å². The standard InChI is InChI=1S/Al.Ca.H4O4Si/c;;1-5(2,3)4/h;;1-4H. The predicted octanol–water partition coefficient (Wildman–Crippen LogP) is -3.37. The fourth-order valence-electron chi connectivity index (χ4n) is 0. The molecule has 0 rings (SSSR count). The van der Waals surface area contributed by atoms with Gasteiger partial charge in [0.15, 0.2) is 0 Å². The van der Waals surface area contributed by atoms with E-state index in [1.807, 2.05) is 0 Å². The third-order valence-corrected chi connectivity index (χ3v) is 0. The molecular formula is H4AlCaO4Si. The maximum absolute atomic E-state index is 7.33. The van der Waals surface area contributed by atoms with Gasteiger partial charge in [-0.05, 0) is 0 Å². The van der Waals surface area contributed by atoms with Crippen LogP contribution in [0.5, 0.6) is 0 Å². The Balaban J connectivity index is -0.0000000800. The Kier molecular flexibility index (Phi) is 13.6. The third-order valence-electron chi connectivity index (χ3n) is 0. The van der Waals surface area contributed by atoms with Gasteiger partial charge in [-0.1, -0.05) is 0 Å². The summed E-state index contributed by atoms with van der Waals surface area (Å²) in [6.07, 6.45) is 0. The Hall–Kier alpha value is 1.85. The monoisotopic (exact) mass is 163 g/mol. The molecule has 0 saturated heterocycles. The Bertz CT molecular complexity index is 27.2. The molecule has 0 aliphatic carbocycles. The average Bonchev–Trinajstić information content (AvgIpc) is 0.722. The summed E-state index contributed by atoms with van der Waals surface area (Å²) in [4.78, 5) is 29.3. The maximum Gasteiger partial charge on any atom is 0.668 e. The Morgan fingerprint density at radius 3 is 0.857 bits per heavy atom. The van der Waals surface area contributed by atoms with Crippen LogP contribution in [0.3, 0.4) is 0 Å². The molecule has 0 aromatic carbocycles. The molecule has 7 heavy (non-hydrogen) atoms. The Morgan fingerprint density at radius 2 is 0.857 bits per heavy atom. The summed E-state index contributed by atoms with van der Waals surface area (Å²) in [6, 6.07) is 0. The largest absolute Gasteiger partial charge is 0.668 e. The van der Waals surface area contributed by atoms with Crippen LogP contribution in [0.1, 0.15) is 0 Å². The zero-order chi connectivity index (χ0) is 4.50. The van der Waals surface area contributed by atoms with Crippen LogP contribution in [0.15, 0.2) is 0 Å². The van der Waals surface area contributed by atoms with Gasteiger partial charge in [0, 0.05) is 55.1 Å². The molecule has 0 heterocycles. The summed E-state index contributed by atoms with van der Waals surface area (Å²) in [5, 5.41) is 0. The molecule has 0 fully saturated rings. The summed E-state index contributed by atoms with van der Waals surface area (Å²) in [5.74, 6) is 0. The second kappa shape index (κ2) is 5.98. The molecule has 0 aliphatic heterocycles. The first-order valence-electron chi connectivity index (χ1n) is 0.894. The molecule has 0 aromatic rings. The van der Waals surface area contributed by atoms with Crippen LogP contribution in [-0.4, -0.2) is 83.3 Å². The van der Waals surface area contributed by atoms with Crippen LogP contribution in [0.25, 0.3) is 0 Å². The van der Waals surface area contributed by atoms with E-state index >= 15 is 0 Å². The van der Waals surface area contributed by atoms with Crippen LogP contribution >= 0.6 is 0 Å². The van der Waals surface area contributed by atoms with Crippen molar-refractivity contribution < 1.29 is 19.2 Å². The van der Waals surface area contributed by atoms with Crippen LogP contribution in [0, 0.1) is 0 Å². The molecule has 7 heteroatoms. The summed E-state index contributed by atoms with van der Waals surface area (Å²) in [5.41, 5.74) is 0. The van der Waals surface area contributed by atoms with Crippen molar-refractivity contribution in [1.29, 1.82) is 0 Å². The Labute approximate surface area is 82.4 Å². The summed E-state index contributed by atoms with van der Waals surface area (Å²) < 4.78 is 0. The molecule has 0 amide bonds. The third kappa shape index (κ3) is 78.5. The van der Waals surface area contributed by atoms with E-state index in [0.29, 0.717) is 0 Å². The SMILES string of the molecule is O[Si](O)(O)O.[Al].[Ca]. The fraction of sp³-hybridized carbons (Fsp3) is 0. The number of rotatable bonds is 0. The van der Waals surface area contributed by atoms with Gasteiger partial charge in [-0.25, -0.2) is 0 Å². The van der Waals surface area contributed by atoms with E-state index in [1.165, 1.54) is 0 Å². The minimum Gasteiger partial charge on any atom is -0.368 e. The molecule has 4 N–H and O–H groups in total.